The van der Waals surface area contributed by atoms with Gasteiger partial charge in [-0.05, 0) is 38.3 Å². The Bertz CT molecular complexity index is 690. The van der Waals surface area contributed by atoms with Crippen molar-refractivity contribution in [1.82, 2.24) is 14.9 Å². The van der Waals surface area contributed by atoms with Gasteiger partial charge < -0.3 is 9.88 Å². The molecule has 1 N–H and O–H groups in total. The lowest BCUT2D eigenvalue weighted by molar-refractivity contribution is -0.122. The van der Waals surface area contributed by atoms with Gasteiger partial charge in [0.1, 0.15) is 11.6 Å². The molecule has 4 rings (SSSR count). The van der Waals surface area contributed by atoms with Crippen LogP contribution in [-0.2, 0) is 17.8 Å². The zero-order chi connectivity index (χ0) is 14.4. The predicted octanol–water partition coefficient (Wildman–Crippen LogP) is 2.31. The number of nitrogens with one attached hydrogen (secondary N) is 1. The molecule has 4 nitrogen and oxygen atoms in total. The van der Waals surface area contributed by atoms with Crippen molar-refractivity contribution in [3.8, 4) is 0 Å². The van der Waals surface area contributed by atoms with E-state index in [-0.39, 0.29) is 5.92 Å². The Balaban J connectivity index is 1.60. The minimum Gasteiger partial charge on any atom is -0.328 e. The standard InChI is InChI=1S/C17H21N3O/c1-2-20-15-6-4-3-5-14(15)19-17(20)10-16(21)12-9-11-7-8-13(12)18-11/h3-6,11-13,18H,2,7-10H2,1H3. The van der Waals surface area contributed by atoms with Gasteiger partial charge in [0.2, 0.25) is 0 Å². The topological polar surface area (TPSA) is 46.9 Å². The van der Waals surface area contributed by atoms with Crippen molar-refractivity contribution in [2.75, 3.05) is 0 Å². The van der Waals surface area contributed by atoms with E-state index in [2.05, 4.69) is 27.9 Å². The number of Topliss-reactive ketones (excluding diaryl/α,β-unsaturated/α-hetero) is 1. The average molecular weight is 283 g/mol. The summed E-state index contributed by atoms with van der Waals surface area (Å²) in [7, 11) is 0. The maximum absolute atomic E-state index is 12.7. The van der Waals surface area contributed by atoms with Crippen LogP contribution in [0.1, 0.15) is 32.0 Å². The molecule has 2 bridgehead atoms. The van der Waals surface area contributed by atoms with Crippen LogP contribution in [0.4, 0.5) is 0 Å². The van der Waals surface area contributed by atoms with Crippen LogP contribution in [0, 0.1) is 5.92 Å². The first-order valence-electron chi connectivity index (χ1n) is 7.99. The molecule has 2 saturated heterocycles. The van der Waals surface area contributed by atoms with Gasteiger partial charge in [-0.15, -0.1) is 0 Å². The summed E-state index contributed by atoms with van der Waals surface area (Å²) < 4.78 is 2.17. The molecule has 2 aliphatic heterocycles. The van der Waals surface area contributed by atoms with Gasteiger partial charge in [0.25, 0.3) is 0 Å². The first kappa shape index (κ1) is 13.0. The van der Waals surface area contributed by atoms with Crippen molar-refractivity contribution in [2.45, 2.75) is 51.2 Å². The van der Waals surface area contributed by atoms with Gasteiger partial charge >= 0.3 is 0 Å². The smallest absolute Gasteiger partial charge is 0.145 e. The molecule has 1 aromatic heterocycles. The zero-order valence-electron chi connectivity index (χ0n) is 12.4. The van der Waals surface area contributed by atoms with E-state index in [0.717, 1.165) is 36.2 Å². The van der Waals surface area contributed by atoms with Crippen LogP contribution in [0.15, 0.2) is 24.3 Å². The summed E-state index contributed by atoms with van der Waals surface area (Å²) in [5, 5.41) is 3.55. The molecular weight excluding hydrogens is 262 g/mol. The first-order chi connectivity index (χ1) is 10.3. The molecule has 0 spiro atoms. The molecular formula is C17H21N3O. The van der Waals surface area contributed by atoms with E-state index < -0.39 is 0 Å². The molecule has 3 atom stereocenters. The Hall–Kier alpha value is -1.68. The molecule has 0 radical (unpaired) electrons. The van der Waals surface area contributed by atoms with Gasteiger partial charge in [-0.2, -0.15) is 0 Å². The third kappa shape index (κ3) is 2.09. The highest BCUT2D eigenvalue weighted by atomic mass is 16.1. The van der Waals surface area contributed by atoms with E-state index in [1.165, 1.54) is 6.42 Å². The molecule has 2 aliphatic rings. The summed E-state index contributed by atoms with van der Waals surface area (Å²) in [6, 6.07) is 9.13. The number of fused-ring (bicyclic) bond motifs is 3. The Morgan fingerprint density at radius 2 is 2.24 bits per heavy atom. The van der Waals surface area contributed by atoms with Crippen molar-refractivity contribution in [3.05, 3.63) is 30.1 Å². The number of nitrogens with zero attached hydrogens (tertiary/aromatic N) is 2. The SMILES string of the molecule is CCn1c(CC(=O)C2CC3CCC2N3)nc2ccccc21. The van der Waals surface area contributed by atoms with Crippen molar-refractivity contribution in [2.24, 2.45) is 5.92 Å². The molecule has 2 fully saturated rings. The van der Waals surface area contributed by atoms with Crippen molar-refractivity contribution >= 4 is 16.8 Å². The number of para-hydroxylation sites is 2. The number of rotatable bonds is 4. The molecule has 110 valence electrons. The fraction of sp³-hybridized carbons (Fsp3) is 0.529. The van der Waals surface area contributed by atoms with Crippen LogP contribution in [0.5, 0.6) is 0 Å². The number of imidazole rings is 1. The van der Waals surface area contributed by atoms with Crippen LogP contribution >= 0.6 is 0 Å². The second-order valence-electron chi connectivity index (χ2n) is 6.29. The molecule has 3 unspecified atom stereocenters. The van der Waals surface area contributed by atoms with Crippen LogP contribution in [0.2, 0.25) is 0 Å². The normalized spacial score (nSPS) is 27.6. The largest absolute Gasteiger partial charge is 0.328 e. The van der Waals surface area contributed by atoms with Gasteiger partial charge in [0.05, 0.1) is 17.5 Å². The minimum atomic E-state index is 0.203. The molecule has 1 aromatic carbocycles. The lowest BCUT2D eigenvalue weighted by atomic mass is 9.85. The number of aryl methyl sites for hydroxylation is 1. The molecule has 0 amide bonds. The molecule has 4 heteroatoms. The summed E-state index contributed by atoms with van der Waals surface area (Å²) in [6.45, 7) is 2.97. The minimum absolute atomic E-state index is 0.203. The van der Waals surface area contributed by atoms with Crippen molar-refractivity contribution in [1.29, 1.82) is 0 Å². The maximum atomic E-state index is 12.7. The van der Waals surface area contributed by atoms with Gasteiger partial charge in [-0.3, -0.25) is 4.79 Å². The van der Waals surface area contributed by atoms with Crippen LogP contribution in [0.25, 0.3) is 11.0 Å². The fourth-order valence-corrected chi connectivity index (χ4v) is 4.08. The van der Waals surface area contributed by atoms with E-state index in [1.54, 1.807) is 0 Å². The Labute approximate surface area is 124 Å². The van der Waals surface area contributed by atoms with Gasteiger partial charge in [-0.1, -0.05) is 12.1 Å². The highest BCUT2D eigenvalue weighted by Crippen LogP contribution is 2.34. The van der Waals surface area contributed by atoms with Crippen molar-refractivity contribution in [3.63, 3.8) is 0 Å². The quantitative estimate of drug-likeness (QED) is 0.936. The predicted molar refractivity (Wildman–Crippen MR) is 82.2 cm³/mol. The molecule has 2 aromatic rings. The summed E-state index contributed by atoms with van der Waals surface area (Å²) in [5.41, 5.74) is 2.13. The number of hydrogen-bond acceptors (Lipinski definition) is 3. The van der Waals surface area contributed by atoms with Gasteiger partial charge in [0.15, 0.2) is 0 Å². The average Bonchev–Trinajstić information content (AvgIpc) is 3.20. The highest BCUT2D eigenvalue weighted by Gasteiger charge is 2.42. The monoisotopic (exact) mass is 283 g/mol. The maximum Gasteiger partial charge on any atom is 0.145 e. The highest BCUT2D eigenvalue weighted by molar-refractivity contribution is 5.85. The Kier molecular flexibility index (Phi) is 3.07. The van der Waals surface area contributed by atoms with E-state index in [0.29, 0.717) is 24.3 Å². The number of ketones is 1. The zero-order valence-corrected chi connectivity index (χ0v) is 12.4. The van der Waals surface area contributed by atoms with E-state index in [9.17, 15) is 4.79 Å². The second kappa shape index (κ2) is 4.95. The van der Waals surface area contributed by atoms with Crippen LogP contribution in [-0.4, -0.2) is 27.4 Å². The van der Waals surface area contributed by atoms with Gasteiger partial charge in [-0.25, -0.2) is 4.98 Å². The van der Waals surface area contributed by atoms with E-state index in [4.69, 9.17) is 0 Å². The first-order valence-corrected chi connectivity index (χ1v) is 7.99. The Morgan fingerprint density at radius 1 is 1.38 bits per heavy atom. The summed E-state index contributed by atoms with van der Waals surface area (Å²) in [6.07, 6.45) is 3.89. The number of benzene rings is 1. The second-order valence-corrected chi connectivity index (χ2v) is 6.29. The van der Waals surface area contributed by atoms with Crippen LogP contribution in [0.3, 0.4) is 0 Å². The number of aromatic nitrogens is 2. The molecule has 21 heavy (non-hydrogen) atoms. The van der Waals surface area contributed by atoms with Crippen molar-refractivity contribution < 1.29 is 4.79 Å². The Morgan fingerprint density at radius 3 is 2.95 bits per heavy atom. The fourth-order valence-electron chi connectivity index (χ4n) is 4.08. The summed E-state index contributed by atoms with van der Waals surface area (Å²) >= 11 is 0. The number of carbonyl (C=O) groups excluding carboxylic acids is 1. The van der Waals surface area contributed by atoms with Crippen LogP contribution < -0.4 is 5.32 Å². The number of carbonyl (C=O) groups is 1. The van der Waals surface area contributed by atoms with E-state index in [1.807, 2.05) is 18.2 Å². The lowest BCUT2D eigenvalue weighted by Crippen LogP contribution is -2.30. The molecule has 0 aliphatic carbocycles. The summed E-state index contributed by atoms with van der Waals surface area (Å²) in [4.78, 5) is 17.3. The summed E-state index contributed by atoms with van der Waals surface area (Å²) in [5.74, 6) is 1.49. The molecule has 0 saturated carbocycles. The third-order valence-corrected chi connectivity index (χ3v) is 5.10. The lowest BCUT2D eigenvalue weighted by Gasteiger charge is -2.18. The van der Waals surface area contributed by atoms with Gasteiger partial charge in [0, 0.05) is 24.5 Å². The third-order valence-electron chi connectivity index (χ3n) is 5.10. The molecule has 3 heterocycles. The number of hydrogen-bond donors (Lipinski definition) is 1. The van der Waals surface area contributed by atoms with E-state index >= 15 is 0 Å².